The van der Waals surface area contributed by atoms with Crippen molar-refractivity contribution in [2.45, 2.75) is 45.6 Å². The maximum atomic E-state index is 11.4. The number of rotatable bonds is 5. The monoisotopic (exact) mass is 438 g/mol. The number of aryl methyl sites for hydroxylation is 2. The molecule has 2 aromatic heterocycles. The lowest BCUT2D eigenvalue weighted by molar-refractivity contribution is -0.148. The fraction of sp³-hybridized carbons (Fsp3) is 0.391. The third-order valence-electron chi connectivity index (χ3n) is 5.85. The molecule has 1 aromatic carbocycles. The van der Waals surface area contributed by atoms with E-state index in [1.54, 1.807) is 12.4 Å². The van der Waals surface area contributed by atoms with Gasteiger partial charge in [-0.15, -0.1) is 11.3 Å². The normalized spacial score (nSPS) is 23.5. The van der Waals surface area contributed by atoms with Crippen LogP contribution in [0.4, 0.5) is 11.6 Å². The van der Waals surface area contributed by atoms with Gasteiger partial charge in [0, 0.05) is 23.8 Å². The summed E-state index contributed by atoms with van der Waals surface area (Å²) in [5, 5.41) is 24.5. The molecule has 0 amide bonds. The Morgan fingerprint density at radius 3 is 2.77 bits per heavy atom. The van der Waals surface area contributed by atoms with Crippen LogP contribution in [0.5, 0.6) is 0 Å². The second-order valence-corrected chi connectivity index (χ2v) is 9.49. The summed E-state index contributed by atoms with van der Waals surface area (Å²) in [5.41, 5.74) is 2.77. The van der Waals surface area contributed by atoms with E-state index in [0.29, 0.717) is 30.2 Å². The third-order valence-corrected chi connectivity index (χ3v) is 7.09. The van der Waals surface area contributed by atoms with Crippen LogP contribution in [0, 0.1) is 25.7 Å². The smallest absolute Gasteiger partial charge is 0.306 e. The Kier molecular flexibility index (Phi) is 5.77. The summed E-state index contributed by atoms with van der Waals surface area (Å²) in [6.07, 6.45) is 4.77. The zero-order chi connectivity index (χ0) is 22.2. The van der Waals surface area contributed by atoms with Crippen LogP contribution in [0.15, 0.2) is 36.7 Å². The molecule has 3 atom stereocenters. The van der Waals surface area contributed by atoms with Crippen molar-refractivity contribution in [2.75, 3.05) is 5.32 Å². The molecule has 8 heteroatoms. The van der Waals surface area contributed by atoms with Crippen molar-refractivity contribution in [3.05, 3.63) is 52.9 Å². The summed E-state index contributed by atoms with van der Waals surface area (Å²) in [5.74, 6) is -0.756. The quantitative estimate of drug-likeness (QED) is 0.531. The number of carboxylic acids is 1. The molecule has 4 rings (SSSR count). The largest absolute Gasteiger partial charge is 0.481 e. The number of hydrogen-bond donors (Lipinski definition) is 3. The molecule has 3 N–H and O–H groups in total. The highest BCUT2D eigenvalue weighted by Crippen LogP contribution is 2.45. The van der Waals surface area contributed by atoms with Gasteiger partial charge in [-0.3, -0.25) is 4.79 Å². The van der Waals surface area contributed by atoms with Crippen LogP contribution in [0.1, 0.15) is 42.5 Å². The summed E-state index contributed by atoms with van der Waals surface area (Å²) in [6.45, 7) is 5.84. The number of aliphatic hydroxyl groups is 1. The first-order valence-electron chi connectivity index (χ1n) is 10.3. The molecule has 0 saturated heterocycles. The predicted molar refractivity (Wildman–Crippen MR) is 120 cm³/mol. The molecule has 162 valence electrons. The zero-order valence-electron chi connectivity index (χ0n) is 17.8. The van der Waals surface area contributed by atoms with Gasteiger partial charge in [0.15, 0.2) is 0 Å². The number of anilines is 2. The first kappa shape index (κ1) is 21.4. The molecule has 1 aliphatic carbocycles. The molecule has 3 aromatic rings. The summed E-state index contributed by atoms with van der Waals surface area (Å²) in [7, 11) is 0. The summed E-state index contributed by atoms with van der Waals surface area (Å²) in [4.78, 5) is 25.5. The summed E-state index contributed by atoms with van der Waals surface area (Å²) < 4.78 is 0. The standard InChI is InChI=1S/C23H26N4O3S/c1-13-8-16(10-17(9-13)27-22-24-7-5-15(3)26-22)19-12-25-21(31-19)23(30)6-4-18(20(28)29)14(2)11-23/h5,7-10,12,14,18,30H,4,6,11H2,1-3H3,(H,28,29)(H,24,26,27)/t14-,18-,23-/m1/s1. The fourth-order valence-electron chi connectivity index (χ4n) is 4.28. The number of nitrogens with zero attached hydrogens (tertiary/aromatic N) is 3. The predicted octanol–water partition coefficient (Wildman–Crippen LogP) is 4.67. The molecule has 7 nitrogen and oxygen atoms in total. The minimum absolute atomic E-state index is 0.104. The number of hydrogen-bond acceptors (Lipinski definition) is 7. The molecular weight excluding hydrogens is 412 g/mol. The molecule has 0 radical (unpaired) electrons. The van der Waals surface area contributed by atoms with Crippen molar-refractivity contribution in [3.8, 4) is 10.4 Å². The molecule has 1 fully saturated rings. The molecule has 0 spiro atoms. The van der Waals surface area contributed by atoms with Gasteiger partial charge < -0.3 is 15.5 Å². The number of aliphatic carboxylic acids is 1. The van der Waals surface area contributed by atoms with Crippen molar-refractivity contribution in [3.63, 3.8) is 0 Å². The van der Waals surface area contributed by atoms with Crippen LogP contribution in [-0.2, 0) is 10.4 Å². The zero-order valence-corrected chi connectivity index (χ0v) is 18.6. The molecule has 2 heterocycles. The maximum Gasteiger partial charge on any atom is 0.306 e. The lowest BCUT2D eigenvalue weighted by atomic mass is 9.72. The molecule has 1 aliphatic rings. The molecule has 31 heavy (non-hydrogen) atoms. The highest BCUT2D eigenvalue weighted by atomic mass is 32.1. The van der Waals surface area contributed by atoms with Crippen molar-refractivity contribution >= 4 is 28.9 Å². The van der Waals surface area contributed by atoms with E-state index in [0.717, 1.165) is 27.4 Å². The van der Waals surface area contributed by atoms with E-state index in [9.17, 15) is 15.0 Å². The molecule has 0 unspecified atom stereocenters. The van der Waals surface area contributed by atoms with Crippen molar-refractivity contribution in [1.82, 2.24) is 15.0 Å². The Balaban J connectivity index is 1.58. The van der Waals surface area contributed by atoms with E-state index in [1.165, 1.54) is 11.3 Å². The van der Waals surface area contributed by atoms with Crippen LogP contribution >= 0.6 is 11.3 Å². The topological polar surface area (TPSA) is 108 Å². The summed E-state index contributed by atoms with van der Waals surface area (Å²) >= 11 is 1.46. The van der Waals surface area contributed by atoms with Gasteiger partial charge in [-0.1, -0.05) is 13.0 Å². The van der Waals surface area contributed by atoms with Crippen molar-refractivity contribution < 1.29 is 15.0 Å². The molecule has 0 aliphatic heterocycles. The minimum Gasteiger partial charge on any atom is -0.481 e. The molecular formula is C23H26N4O3S. The lowest BCUT2D eigenvalue weighted by Gasteiger charge is -2.37. The van der Waals surface area contributed by atoms with E-state index >= 15 is 0 Å². The Bertz CT molecular complexity index is 1120. The van der Waals surface area contributed by atoms with Gasteiger partial charge in [0.2, 0.25) is 5.95 Å². The van der Waals surface area contributed by atoms with Gasteiger partial charge in [0.1, 0.15) is 10.6 Å². The van der Waals surface area contributed by atoms with Crippen molar-refractivity contribution in [2.24, 2.45) is 11.8 Å². The van der Waals surface area contributed by atoms with Gasteiger partial charge in [-0.25, -0.2) is 15.0 Å². The second kappa shape index (κ2) is 8.36. The Hall–Kier alpha value is -2.84. The third kappa shape index (κ3) is 4.60. The van der Waals surface area contributed by atoms with Crippen LogP contribution in [-0.4, -0.2) is 31.1 Å². The Morgan fingerprint density at radius 1 is 1.26 bits per heavy atom. The van der Waals surface area contributed by atoms with Crippen LogP contribution < -0.4 is 5.32 Å². The number of carboxylic acid groups (broad SMARTS) is 1. The van der Waals surface area contributed by atoms with E-state index in [-0.39, 0.29) is 5.92 Å². The van der Waals surface area contributed by atoms with Crippen molar-refractivity contribution in [1.29, 1.82) is 0 Å². The number of thiazole rings is 1. The van der Waals surface area contributed by atoms with Gasteiger partial charge >= 0.3 is 5.97 Å². The highest BCUT2D eigenvalue weighted by molar-refractivity contribution is 7.15. The number of carbonyl (C=O) groups is 1. The number of benzene rings is 1. The SMILES string of the molecule is Cc1cc(Nc2nccc(C)n2)cc(-c2cnc([C@@]3(O)CC[C@@H](C(=O)O)[C@H](C)C3)s2)c1. The first-order chi connectivity index (χ1) is 14.7. The van der Waals surface area contributed by atoms with E-state index in [4.69, 9.17) is 0 Å². The van der Waals surface area contributed by atoms with Gasteiger partial charge in [-0.2, -0.15) is 0 Å². The number of aromatic nitrogens is 3. The van der Waals surface area contributed by atoms with E-state index in [2.05, 4.69) is 26.3 Å². The second-order valence-electron chi connectivity index (χ2n) is 8.46. The highest BCUT2D eigenvalue weighted by Gasteiger charge is 2.43. The van der Waals surface area contributed by atoms with Gasteiger partial charge in [-0.05, 0) is 68.4 Å². The van der Waals surface area contributed by atoms with E-state index in [1.807, 2.05) is 39.0 Å². The first-order valence-corrected chi connectivity index (χ1v) is 11.2. The number of nitrogens with one attached hydrogen (secondary N) is 1. The van der Waals surface area contributed by atoms with Gasteiger partial charge in [0.25, 0.3) is 0 Å². The Labute approximate surface area is 185 Å². The average Bonchev–Trinajstić information content (AvgIpc) is 3.18. The molecule has 0 bridgehead atoms. The minimum atomic E-state index is -1.07. The van der Waals surface area contributed by atoms with Crippen LogP contribution in [0.2, 0.25) is 0 Å². The maximum absolute atomic E-state index is 11.4. The van der Waals surface area contributed by atoms with Gasteiger partial charge in [0.05, 0.1) is 10.8 Å². The van der Waals surface area contributed by atoms with Crippen LogP contribution in [0.3, 0.4) is 0 Å². The Morgan fingerprint density at radius 2 is 2.06 bits per heavy atom. The fourth-order valence-corrected chi connectivity index (χ4v) is 5.31. The lowest BCUT2D eigenvalue weighted by Crippen LogP contribution is -2.38. The van der Waals surface area contributed by atoms with E-state index < -0.39 is 17.5 Å². The average molecular weight is 439 g/mol. The molecule has 1 saturated carbocycles. The van der Waals surface area contributed by atoms with Crippen LogP contribution in [0.25, 0.3) is 10.4 Å². The summed E-state index contributed by atoms with van der Waals surface area (Å²) in [6, 6.07) is 7.97.